The highest BCUT2D eigenvalue weighted by atomic mass is 19.1. The first-order chi connectivity index (χ1) is 18.4. The molecule has 1 unspecified atom stereocenters. The molecule has 0 fully saturated rings. The van der Waals surface area contributed by atoms with Gasteiger partial charge in [-0.05, 0) is 36.6 Å². The molecule has 192 valence electrons. The summed E-state index contributed by atoms with van der Waals surface area (Å²) >= 11 is 0. The summed E-state index contributed by atoms with van der Waals surface area (Å²) in [4.78, 5) is 43.0. The third kappa shape index (κ3) is 4.63. The molecule has 2 aromatic rings. The Morgan fingerprint density at radius 1 is 1.11 bits per heavy atom. The van der Waals surface area contributed by atoms with Gasteiger partial charge in [-0.1, -0.05) is 42.5 Å². The number of carbonyl (C=O) groups is 3. The number of hydrogen-bond acceptors (Lipinski definition) is 7. The Hall–Kier alpha value is -4.86. The number of aliphatic imine (C=N–C) groups is 1. The number of benzene rings is 2. The zero-order valence-corrected chi connectivity index (χ0v) is 20.2. The smallest absolute Gasteiger partial charge is 0.436 e. The van der Waals surface area contributed by atoms with Crippen molar-refractivity contribution in [1.29, 1.82) is 0 Å². The van der Waals surface area contributed by atoms with Crippen LogP contribution >= 0.6 is 0 Å². The van der Waals surface area contributed by atoms with E-state index in [1.54, 1.807) is 19.1 Å². The van der Waals surface area contributed by atoms with E-state index in [0.717, 1.165) is 21.9 Å². The highest BCUT2D eigenvalue weighted by Gasteiger charge is 2.53. The van der Waals surface area contributed by atoms with Crippen LogP contribution in [0.1, 0.15) is 18.1 Å². The molecular formula is C28H22FN2O7+. The van der Waals surface area contributed by atoms with Crippen LogP contribution in [0, 0.1) is 5.82 Å². The standard InChI is InChI=1S/C28H21FN2O7/c1-2-36-28(35)21-25(37-15-17-6-4-3-5-7-17)22-23-24(38-20(27(33)34)14-31(23)26(21)32)18(13-30-22)12-16-8-10-19(29)11-9-16/h3-11,13-14,24H,2,12,15H2,1H3/p+1. The van der Waals surface area contributed by atoms with Gasteiger partial charge >= 0.3 is 17.8 Å². The van der Waals surface area contributed by atoms with Crippen LogP contribution < -0.4 is 0 Å². The zero-order chi connectivity index (χ0) is 26.8. The first kappa shape index (κ1) is 24.8. The molecule has 0 aliphatic carbocycles. The highest BCUT2D eigenvalue weighted by Crippen LogP contribution is 2.32. The molecule has 2 aromatic carbocycles. The number of rotatable bonds is 8. The van der Waals surface area contributed by atoms with Gasteiger partial charge in [-0.25, -0.2) is 23.8 Å². The summed E-state index contributed by atoms with van der Waals surface area (Å²) in [5.41, 5.74) is 2.01. The Labute approximate surface area is 216 Å². The van der Waals surface area contributed by atoms with Gasteiger partial charge in [0.15, 0.2) is 11.5 Å². The minimum atomic E-state index is -1.39. The van der Waals surface area contributed by atoms with Gasteiger partial charge in [-0.2, -0.15) is 0 Å². The zero-order valence-electron chi connectivity index (χ0n) is 20.2. The summed E-state index contributed by atoms with van der Waals surface area (Å²) in [5, 5.41) is 9.68. The van der Waals surface area contributed by atoms with Crippen LogP contribution in [0.4, 0.5) is 4.39 Å². The summed E-state index contributed by atoms with van der Waals surface area (Å²) in [6, 6.07) is 15.0. The van der Waals surface area contributed by atoms with Crippen molar-refractivity contribution in [2.24, 2.45) is 4.99 Å². The van der Waals surface area contributed by atoms with Gasteiger partial charge in [0.05, 0.1) is 6.61 Å². The van der Waals surface area contributed by atoms with Crippen LogP contribution in [0.5, 0.6) is 0 Å². The van der Waals surface area contributed by atoms with E-state index in [9.17, 15) is 23.9 Å². The number of carboxylic acids is 1. The third-order valence-corrected chi connectivity index (χ3v) is 6.05. The first-order valence-corrected chi connectivity index (χ1v) is 11.8. The Morgan fingerprint density at radius 2 is 1.84 bits per heavy atom. The van der Waals surface area contributed by atoms with Gasteiger partial charge in [0.2, 0.25) is 17.9 Å². The number of aliphatic carboxylic acids is 1. The number of allylic oxidation sites excluding steroid dienone is 1. The number of carboxylic acid groups (broad SMARTS) is 1. The highest BCUT2D eigenvalue weighted by molar-refractivity contribution is 6.52. The van der Waals surface area contributed by atoms with E-state index >= 15 is 0 Å². The van der Waals surface area contributed by atoms with E-state index in [0.29, 0.717) is 5.57 Å². The molecule has 5 rings (SSSR count). The second kappa shape index (κ2) is 10.3. The van der Waals surface area contributed by atoms with Crippen LogP contribution in [-0.2, 0) is 41.6 Å². The molecule has 0 spiro atoms. The van der Waals surface area contributed by atoms with Gasteiger partial charge in [0.1, 0.15) is 12.4 Å². The van der Waals surface area contributed by atoms with E-state index < -0.39 is 41.1 Å². The molecule has 10 heteroatoms. The van der Waals surface area contributed by atoms with E-state index in [1.807, 2.05) is 30.3 Å². The van der Waals surface area contributed by atoms with Crippen molar-refractivity contribution in [1.82, 2.24) is 0 Å². The normalized spacial score (nSPS) is 18.1. The lowest BCUT2D eigenvalue weighted by Gasteiger charge is -2.30. The monoisotopic (exact) mass is 517 g/mol. The summed E-state index contributed by atoms with van der Waals surface area (Å²) in [7, 11) is 0. The molecule has 3 aliphatic heterocycles. The largest absolute Gasteiger partial charge is 0.485 e. The molecule has 1 atom stereocenters. The van der Waals surface area contributed by atoms with Gasteiger partial charge in [-0.15, -0.1) is 4.58 Å². The average molecular weight is 517 g/mol. The van der Waals surface area contributed by atoms with Gasteiger partial charge < -0.3 is 19.3 Å². The lowest BCUT2D eigenvalue weighted by molar-refractivity contribution is -0.386. The number of nitrogens with zero attached hydrogens (tertiary/aromatic N) is 2. The SMILES string of the molecule is CCOC(=O)C1=C(OCc2ccccc2)C2=NC=C(Cc3ccc(F)cc3)C3OC(C(=O)O)=C[N+](=C23)C1=O. The van der Waals surface area contributed by atoms with Crippen LogP contribution in [0.2, 0.25) is 0 Å². The Morgan fingerprint density at radius 3 is 2.53 bits per heavy atom. The topological polar surface area (TPSA) is 114 Å². The molecule has 1 N–H and O–H groups in total. The molecule has 9 nitrogen and oxygen atoms in total. The Bertz CT molecular complexity index is 1480. The number of esters is 1. The first-order valence-electron chi connectivity index (χ1n) is 11.8. The maximum absolute atomic E-state index is 13.7. The number of amides is 1. The van der Waals surface area contributed by atoms with Crippen LogP contribution in [0.3, 0.4) is 0 Å². The molecule has 3 heterocycles. The summed E-state index contributed by atoms with van der Waals surface area (Å²) in [6.07, 6.45) is 1.72. The molecule has 0 saturated heterocycles. The second-order valence-electron chi connectivity index (χ2n) is 8.54. The fourth-order valence-electron chi connectivity index (χ4n) is 4.31. The molecular weight excluding hydrogens is 495 g/mol. The molecule has 38 heavy (non-hydrogen) atoms. The minimum absolute atomic E-state index is 0.00823. The maximum Gasteiger partial charge on any atom is 0.436 e. The average Bonchev–Trinajstić information content (AvgIpc) is 2.92. The molecule has 0 saturated carbocycles. The number of ether oxygens (including phenoxy) is 3. The molecule has 0 radical (unpaired) electrons. The quantitative estimate of drug-likeness (QED) is 0.325. The minimum Gasteiger partial charge on any atom is -0.485 e. The lowest BCUT2D eigenvalue weighted by Crippen LogP contribution is -2.51. The summed E-state index contributed by atoms with van der Waals surface area (Å²) in [5.74, 6) is -4.11. The van der Waals surface area contributed by atoms with Crippen molar-refractivity contribution < 1.29 is 42.7 Å². The van der Waals surface area contributed by atoms with Crippen molar-refractivity contribution in [3.63, 3.8) is 0 Å². The van der Waals surface area contributed by atoms with Crippen molar-refractivity contribution in [3.05, 3.63) is 107 Å². The number of hydrogen-bond donors (Lipinski definition) is 1. The Kier molecular flexibility index (Phi) is 6.69. The van der Waals surface area contributed by atoms with Crippen molar-refractivity contribution >= 4 is 29.3 Å². The van der Waals surface area contributed by atoms with Gasteiger partial charge in [0.25, 0.3) is 11.5 Å². The number of carbonyl (C=O) groups excluding carboxylic acids is 2. The van der Waals surface area contributed by atoms with Gasteiger partial charge in [-0.3, -0.25) is 0 Å². The van der Waals surface area contributed by atoms with Crippen molar-refractivity contribution in [3.8, 4) is 0 Å². The van der Waals surface area contributed by atoms with E-state index in [1.165, 1.54) is 18.3 Å². The van der Waals surface area contributed by atoms with Gasteiger partial charge in [0, 0.05) is 11.8 Å². The predicted molar refractivity (Wildman–Crippen MR) is 131 cm³/mol. The van der Waals surface area contributed by atoms with Crippen molar-refractivity contribution in [2.45, 2.75) is 26.1 Å². The van der Waals surface area contributed by atoms with E-state index in [4.69, 9.17) is 14.2 Å². The van der Waals surface area contributed by atoms with E-state index in [2.05, 4.69) is 4.99 Å². The van der Waals surface area contributed by atoms with Crippen molar-refractivity contribution in [2.75, 3.05) is 6.61 Å². The fraction of sp³-hybridized carbons (Fsp3) is 0.179. The maximum atomic E-state index is 13.7. The third-order valence-electron chi connectivity index (χ3n) is 6.05. The number of halogens is 1. The lowest BCUT2D eigenvalue weighted by atomic mass is 9.89. The molecule has 3 aliphatic rings. The van der Waals surface area contributed by atoms with E-state index in [-0.39, 0.29) is 36.8 Å². The summed E-state index contributed by atoms with van der Waals surface area (Å²) < 4.78 is 31.4. The molecule has 0 bridgehead atoms. The second-order valence-corrected chi connectivity index (χ2v) is 8.54. The molecule has 1 amide bonds. The fourth-order valence-corrected chi connectivity index (χ4v) is 4.31. The predicted octanol–water partition coefficient (Wildman–Crippen LogP) is 3.06. The summed E-state index contributed by atoms with van der Waals surface area (Å²) in [6.45, 7) is 1.64. The van der Waals surface area contributed by atoms with Crippen LogP contribution in [-0.4, -0.2) is 51.7 Å². The molecule has 0 aromatic heterocycles. The van der Waals surface area contributed by atoms with Crippen LogP contribution in [0.15, 0.2) is 94.7 Å². The Balaban J connectivity index is 1.63. The van der Waals surface area contributed by atoms with Crippen LogP contribution in [0.25, 0.3) is 0 Å².